The lowest BCUT2D eigenvalue weighted by atomic mass is 10.1. The van der Waals surface area contributed by atoms with Gasteiger partial charge in [0.05, 0.1) is 6.20 Å². The zero-order valence-corrected chi connectivity index (χ0v) is 11.1. The second-order valence-electron chi connectivity index (χ2n) is 4.58. The summed E-state index contributed by atoms with van der Waals surface area (Å²) in [5, 5.41) is 2.88. The molecule has 0 unspecified atom stereocenters. The van der Waals surface area contributed by atoms with Crippen molar-refractivity contribution in [3.05, 3.63) is 65.9 Å². The van der Waals surface area contributed by atoms with Crippen molar-refractivity contribution in [2.24, 2.45) is 0 Å². The molecule has 0 saturated carbocycles. The van der Waals surface area contributed by atoms with Gasteiger partial charge < -0.3 is 9.72 Å². The summed E-state index contributed by atoms with van der Waals surface area (Å²) in [4.78, 5) is 20.3. The summed E-state index contributed by atoms with van der Waals surface area (Å²) in [7, 11) is 0. The molecule has 100 valence electrons. The lowest BCUT2D eigenvalue weighted by Gasteiger charge is -2.06. The Morgan fingerprint density at radius 3 is 3.00 bits per heavy atom. The molecule has 1 aromatic carbocycles. The molecule has 0 aliphatic carbocycles. The van der Waals surface area contributed by atoms with Crippen LogP contribution in [0, 0.1) is 6.92 Å². The first-order valence-electron chi connectivity index (χ1n) is 6.35. The molecule has 5 nitrogen and oxygen atoms in total. The van der Waals surface area contributed by atoms with Crippen LogP contribution in [0.15, 0.2) is 49.1 Å². The number of aromatic nitrogens is 3. The van der Waals surface area contributed by atoms with Crippen LogP contribution >= 0.6 is 0 Å². The first-order chi connectivity index (χ1) is 9.74. The van der Waals surface area contributed by atoms with Crippen molar-refractivity contribution < 1.29 is 4.79 Å². The summed E-state index contributed by atoms with van der Waals surface area (Å²) in [6, 6.07) is 7.97. The maximum absolute atomic E-state index is 12.1. The molecule has 3 aromatic rings. The predicted molar refractivity (Wildman–Crippen MR) is 75.3 cm³/mol. The summed E-state index contributed by atoms with van der Waals surface area (Å²) in [5.41, 5.74) is 3.32. The van der Waals surface area contributed by atoms with Crippen molar-refractivity contribution in [2.45, 2.75) is 13.5 Å². The molecule has 0 aliphatic rings. The fourth-order valence-electron chi connectivity index (χ4n) is 2.03. The molecule has 20 heavy (non-hydrogen) atoms. The fourth-order valence-corrected chi connectivity index (χ4v) is 2.03. The molecular weight excluding hydrogens is 252 g/mol. The van der Waals surface area contributed by atoms with E-state index in [2.05, 4.69) is 15.3 Å². The van der Waals surface area contributed by atoms with Gasteiger partial charge in [0.2, 0.25) is 0 Å². The Balaban J connectivity index is 1.75. The normalized spacial score (nSPS) is 10.7. The van der Waals surface area contributed by atoms with E-state index in [4.69, 9.17) is 0 Å². The highest BCUT2D eigenvalue weighted by atomic mass is 16.1. The molecule has 0 atom stereocenters. The number of imidazole rings is 1. The van der Waals surface area contributed by atoms with Gasteiger partial charge in [-0.2, -0.15) is 0 Å². The summed E-state index contributed by atoms with van der Waals surface area (Å²) in [6.07, 6.45) is 6.74. The number of nitrogens with one attached hydrogen (secondary N) is 1. The van der Waals surface area contributed by atoms with Crippen molar-refractivity contribution in [1.29, 1.82) is 0 Å². The Labute approximate surface area is 116 Å². The molecule has 3 rings (SSSR count). The summed E-state index contributed by atoms with van der Waals surface area (Å²) >= 11 is 0. The van der Waals surface area contributed by atoms with Gasteiger partial charge in [-0.1, -0.05) is 24.3 Å². The molecule has 1 amide bonds. The molecule has 0 fully saturated rings. The number of carbonyl (C=O) groups excluding carboxylic acids is 1. The average molecular weight is 266 g/mol. The van der Waals surface area contributed by atoms with E-state index in [0.29, 0.717) is 17.9 Å². The smallest absolute Gasteiger partial charge is 0.271 e. The number of hydrogen-bond acceptors (Lipinski definition) is 3. The number of carbonyl (C=O) groups is 1. The number of benzene rings is 1. The Morgan fingerprint density at radius 2 is 2.20 bits per heavy atom. The van der Waals surface area contributed by atoms with E-state index in [-0.39, 0.29) is 5.91 Å². The first-order valence-corrected chi connectivity index (χ1v) is 6.35. The van der Waals surface area contributed by atoms with Crippen LogP contribution in [0.1, 0.15) is 21.6 Å². The number of nitrogens with zero attached hydrogens (tertiary/aromatic N) is 3. The van der Waals surface area contributed by atoms with Gasteiger partial charge in [-0.25, -0.2) is 4.98 Å². The monoisotopic (exact) mass is 266 g/mol. The van der Waals surface area contributed by atoms with Crippen LogP contribution in [0.4, 0.5) is 0 Å². The van der Waals surface area contributed by atoms with Crippen molar-refractivity contribution >= 4 is 11.6 Å². The Kier molecular flexibility index (Phi) is 3.16. The quantitative estimate of drug-likeness (QED) is 0.788. The van der Waals surface area contributed by atoms with Crippen molar-refractivity contribution in [1.82, 2.24) is 19.7 Å². The third kappa shape index (κ3) is 2.38. The Morgan fingerprint density at radius 1 is 1.35 bits per heavy atom. The third-order valence-electron chi connectivity index (χ3n) is 3.20. The maximum atomic E-state index is 12.1. The highest BCUT2D eigenvalue weighted by Gasteiger charge is 2.10. The van der Waals surface area contributed by atoms with Crippen LogP contribution in [0.2, 0.25) is 0 Å². The average Bonchev–Trinajstić information content (AvgIpc) is 2.90. The largest absolute Gasteiger partial charge is 0.347 e. The third-order valence-corrected chi connectivity index (χ3v) is 3.20. The second-order valence-corrected chi connectivity index (χ2v) is 4.58. The van der Waals surface area contributed by atoms with Crippen LogP contribution in [0.3, 0.4) is 0 Å². The zero-order chi connectivity index (χ0) is 13.9. The SMILES string of the molecule is Cc1ccccc1CNC(=O)c1cn2ccncc2n1. The Hall–Kier alpha value is -2.69. The standard InChI is InChI=1S/C15H14N4O/c1-11-4-2-3-5-12(11)8-17-15(20)13-10-19-7-6-16-9-14(19)18-13/h2-7,9-10H,8H2,1H3,(H,17,20). The topological polar surface area (TPSA) is 59.3 Å². The number of fused-ring (bicyclic) bond motifs is 1. The first kappa shape index (κ1) is 12.3. The molecule has 0 saturated heterocycles. The minimum atomic E-state index is -0.183. The molecule has 0 aliphatic heterocycles. The number of hydrogen-bond donors (Lipinski definition) is 1. The zero-order valence-electron chi connectivity index (χ0n) is 11.1. The fraction of sp³-hybridized carbons (Fsp3) is 0.133. The molecule has 1 N–H and O–H groups in total. The molecule has 0 bridgehead atoms. The Bertz CT molecular complexity index is 730. The van der Waals surface area contributed by atoms with E-state index in [9.17, 15) is 4.79 Å². The number of amides is 1. The summed E-state index contributed by atoms with van der Waals surface area (Å²) in [5.74, 6) is -0.183. The van der Waals surface area contributed by atoms with Crippen LogP contribution < -0.4 is 5.32 Å². The van der Waals surface area contributed by atoms with E-state index in [1.807, 2.05) is 31.2 Å². The van der Waals surface area contributed by atoms with Gasteiger partial charge >= 0.3 is 0 Å². The van der Waals surface area contributed by atoms with Gasteiger partial charge in [-0.3, -0.25) is 9.78 Å². The van der Waals surface area contributed by atoms with Crippen LogP contribution in [-0.4, -0.2) is 20.3 Å². The summed E-state index contributed by atoms with van der Waals surface area (Å²) < 4.78 is 1.77. The molecule has 2 heterocycles. The van der Waals surface area contributed by atoms with Gasteiger partial charge in [-0.15, -0.1) is 0 Å². The minimum Gasteiger partial charge on any atom is -0.347 e. The van der Waals surface area contributed by atoms with Crippen molar-refractivity contribution in [3.8, 4) is 0 Å². The second kappa shape index (κ2) is 5.13. The van der Waals surface area contributed by atoms with Crippen molar-refractivity contribution in [2.75, 3.05) is 0 Å². The van der Waals surface area contributed by atoms with E-state index < -0.39 is 0 Å². The molecule has 5 heteroatoms. The predicted octanol–water partition coefficient (Wildman–Crippen LogP) is 1.97. The molecule has 2 aromatic heterocycles. The van der Waals surface area contributed by atoms with E-state index >= 15 is 0 Å². The number of rotatable bonds is 3. The van der Waals surface area contributed by atoms with Gasteiger partial charge in [0, 0.05) is 25.1 Å². The van der Waals surface area contributed by atoms with Gasteiger partial charge in [0.15, 0.2) is 5.65 Å². The van der Waals surface area contributed by atoms with Crippen LogP contribution in [-0.2, 0) is 6.54 Å². The number of aryl methyl sites for hydroxylation is 1. The minimum absolute atomic E-state index is 0.183. The highest BCUT2D eigenvalue weighted by molar-refractivity contribution is 5.92. The van der Waals surface area contributed by atoms with Gasteiger partial charge in [-0.05, 0) is 18.1 Å². The molecule has 0 spiro atoms. The van der Waals surface area contributed by atoms with Crippen LogP contribution in [0.25, 0.3) is 5.65 Å². The highest BCUT2D eigenvalue weighted by Crippen LogP contribution is 2.07. The van der Waals surface area contributed by atoms with Gasteiger partial charge in [0.25, 0.3) is 5.91 Å². The lowest BCUT2D eigenvalue weighted by molar-refractivity contribution is 0.0946. The molecule has 0 radical (unpaired) electrons. The van der Waals surface area contributed by atoms with Gasteiger partial charge in [0.1, 0.15) is 5.69 Å². The lowest BCUT2D eigenvalue weighted by Crippen LogP contribution is -2.23. The summed E-state index contributed by atoms with van der Waals surface area (Å²) in [6.45, 7) is 2.52. The maximum Gasteiger partial charge on any atom is 0.271 e. The van der Waals surface area contributed by atoms with E-state index in [0.717, 1.165) is 11.1 Å². The van der Waals surface area contributed by atoms with Crippen LogP contribution in [0.5, 0.6) is 0 Å². The van der Waals surface area contributed by atoms with Crippen molar-refractivity contribution in [3.63, 3.8) is 0 Å². The molecular formula is C15H14N4O. The van der Waals surface area contributed by atoms with E-state index in [1.54, 1.807) is 29.2 Å². The van der Waals surface area contributed by atoms with E-state index in [1.165, 1.54) is 0 Å².